The number of rotatable bonds is 4. The normalized spacial score (nSPS) is 12.9. The summed E-state index contributed by atoms with van der Waals surface area (Å²) in [7, 11) is 1.95. The molecule has 2 aromatic heterocycles. The zero-order valence-corrected chi connectivity index (χ0v) is 11.8. The van der Waals surface area contributed by atoms with Gasteiger partial charge < -0.3 is 5.32 Å². The van der Waals surface area contributed by atoms with Gasteiger partial charge in [-0.1, -0.05) is 11.6 Å². The van der Waals surface area contributed by atoms with Crippen LogP contribution in [0.5, 0.6) is 0 Å². The van der Waals surface area contributed by atoms with Crippen molar-refractivity contribution in [1.82, 2.24) is 15.1 Å². The molecule has 1 atom stereocenters. The fourth-order valence-electron chi connectivity index (χ4n) is 1.98. The summed E-state index contributed by atoms with van der Waals surface area (Å²) >= 11 is 7.99. The third-order valence-corrected chi connectivity index (χ3v) is 4.23. The predicted octanol–water partition coefficient (Wildman–Crippen LogP) is 3.24. The summed E-state index contributed by atoms with van der Waals surface area (Å²) in [5.74, 6) is 0. The number of aromatic nitrogens is 2. The van der Waals surface area contributed by atoms with E-state index in [2.05, 4.69) is 35.7 Å². The maximum absolute atomic E-state index is 6.25. The molecule has 3 nitrogen and oxygen atoms in total. The predicted molar refractivity (Wildman–Crippen MR) is 72.9 cm³/mol. The minimum atomic E-state index is 0.116. The molecule has 17 heavy (non-hydrogen) atoms. The van der Waals surface area contributed by atoms with Gasteiger partial charge in [-0.2, -0.15) is 5.10 Å². The lowest BCUT2D eigenvalue weighted by Gasteiger charge is -2.18. The van der Waals surface area contributed by atoms with Crippen LogP contribution in [-0.2, 0) is 6.54 Å². The van der Waals surface area contributed by atoms with Gasteiger partial charge >= 0.3 is 0 Å². The van der Waals surface area contributed by atoms with Crippen molar-refractivity contribution >= 4 is 22.9 Å². The Kier molecular flexibility index (Phi) is 3.86. The summed E-state index contributed by atoms with van der Waals surface area (Å²) in [6.07, 6.45) is 1.72. The molecule has 1 N–H and O–H groups in total. The van der Waals surface area contributed by atoms with Crippen molar-refractivity contribution in [3.8, 4) is 0 Å². The van der Waals surface area contributed by atoms with Gasteiger partial charge in [-0.3, -0.25) is 4.68 Å². The molecule has 0 spiro atoms. The number of halogens is 1. The van der Waals surface area contributed by atoms with E-state index in [9.17, 15) is 0 Å². The van der Waals surface area contributed by atoms with Gasteiger partial charge in [-0.25, -0.2) is 0 Å². The zero-order chi connectivity index (χ0) is 12.4. The van der Waals surface area contributed by atoms with Crippen LogP contribution in [0.3, 0.4) is 0 Å². The molecule has 1 unspecified atom stereocenters. The zero-order valence-electron chi connectivity index (χ0n) is 10.2. The highest BCUT2D eigenvalue weighted by Crippen LogP contribution is 2.32. The van der Waals surface area contributed by atoms with Gasteiger partial charge in [0.2, 0.25) is 0 Å². The molecule has 92 valence electrons. The van der Waals surface area contributed by atoms with Crippen LogP contribution >= 0.6 is 22.9 Å². The maximum atomic E-state index is 6.25. The topological polar surface area (TPSA) is 29.9 Å². The highest BCUT2D eigenvalue weighted by atomic mass is 35.5. The smallest absolute Gasteiger partial charge is 0.0857 e. The average molecular weight is 270 g/mol. The van der Waals surface area contributed by atoms with Crippen LogP contribution in [0.2, 0.25) is 5.02 Å². The fourth-order valence-corrected chi connectivity index (χ4v) is 3.27. The van der Waals surface area contributed by atoms with Crippen LogP contribution in [0.4, 0.5) is 0 Å². The van der Waals surface area contributed by atoms with Gasteiger partial charge in [0.05, 0.1) is 23.0 Å². The molecule has 0 aliphatic rings. The summed E-state index contributed by atoms with van der Waals surface area (Å²) < 4.78 is 1.95. The number of nitrogens with zero attached hydrogens (tertiary/aromatic N) is 2. The Hall–Kier alpha value is -0.840. The van der Waals surface area contributed by atoms with Gasteiger partial charge in [0.15, 0.2) is 0 Å². The summed E-state index contributed by atoms with van der Waals surface area (Å²) in [5, 5.41) is 10.4. The highest BCUT2D eigenvalue weighted by molar-refractivity contribution is 7.10. The first-order chi connectivity index (χ1) is 8.19. The molecule has 0 aliphatic carbocycles. The molecule has 0 radical (unpaired) electrons. The van der Waals surface area contributed by atoms with E-state index in [0.717, 1.165) is 17.3 Å². The van der Waals surface area contributed by atoms with E-state index in [4.69, 9.17) is 11.6 Å². The molecule has 0 aliphatic heterocycles. The van der Waals surface area contributed by atoms with E-state index < -0.39 is 0 Å². The number of hydrogen-bond acceptors (Lipinski definition) is 3. The van der Waals surface area contributed by atoms with Crippen molar-refractivity contribution in [3.63, 3.8) is 0 Å². The van der Waals surface area contributed by atoms with Crippen molar-refractivity contribution in [2.24, 2.45) is 0 Å². The second kappa shape index (κ2) is 5.21. The maximum Gasteiger partial charge on any atom is 0.0857 e. The number of aryl methyl sites for hydroxylation is 2. The molecule has 2 heterocycles. The lowest BCUT2D eigenvalue weighted by molar-refractivity contribution is 0.566. The first-order valence-corrected chi connectivity index (χ1v) is 6.87. The molecule has 0 bridgehead atoms. The van der Waals surface area contributed by atoms with E-state index >= 15 is 0 Å². The summed E-state index contributed by atoms with van der Waals surface area (Å²) in [5.41, 5.74) is 2.33. The Bertz CT molecular complexity index is 504. The molecule has 0 saturated heterocycles. The molecule has 0 aromatic carbocycles. The third kappa shape index (κ3) is 2.25. The molecule has 0 amide bonds. The Morgan fingerprint density at radius 2 is 2.35 bits per heavy atom. The Balaban J connectivity index is 2.49. The molecule has 2 rings (SSSR count). The van der Waals surface area contributed by atoms with E-state index in [-0.39, 0.29) is 6.04 Å². The van der Waals surface area contributed by atoms with Crippen LogP contribution < -0.4 is 5.32 Å². The Morgan fingerprint density at radius 1 is 1.59 bits per heavy atom. The fraction of sp³-hybridized carbons (Fsp3) is 0.417. The first kappa shape index (κ1) is 12.6. The molecule has 0 saturated carbocycles. The van der Waals surface area contributed by atoms with Gasteiger partial charge in [0, 0.05) is 11.4 Å². The minimum absolute atomic E-state index is 0.116. The molecule has 0 fully saturated rings. The van der Waals surface area contributed by atoms with Crippen LogP contribution in [-0.4, -0.2) is 16.8 Å². The van der Waals surface area contributed by atoms with Gasteiger partial charge in [-0.05, 0) is 37.9 Å². The van der Waals surface area contributed by atoms with Gasteiger partial charge in [0.25, 0.3) is 0 Å². The average Bonchev–Trinajstić information content (AvgIpc) is 2.89. The second-order valence-corrected chi connectivity index (χ2v) is 5.24. The number of hydrogen-bond donors (Lipinski definition) is 1. The minimum Gasteiger partial charge on any atom is -0.307 e. The molecular weight excluding hydrogens is 254 g/mol. The van der Waals surface area contributed by atoms with Crippen molar-refractivity contribution in [3.05, 3.63) is 38.8 Å². The van der Waals surface area contributed by atoms with Gasteiger partial charge in [-0.15, -0.1) is 11.3 Å². The number of nitrogens with one attached hydrogen (secondary N) is 1. The van der Waals surface area contributed by atoms with E-state index in [1.54, 1.807) is 17.5 Å². The molecule has 2 aromatic rings. The van der Waals surface area contributed by atoms with Crippen LogP contribution in [0.1, 0.15) is 29.1 Å². The molecule has 5 heteroatoms. The molecular formula is C12H16ClN3S. The van der Waals surface area contributed by atoms with Crippen molar-refractivity contribution < 1.29 is 0 Å². The number of thiophene rings is 1. The van der Waals surface area contributed by atoms with Crippen molar-refractivity contribution in [1.29, 1.82) is 0 Å². The van der Waals surface area contributed by atoms with Crippen LogP contribution in [0, 0.1) is 6.92 Å². The van der Waals surface area contributed by atoms with Gasteiger partial charge in [0.1, 0.15) is 0 Å². The lowest BCUT2D eigenvalue weighted by Crippen LogP contribution is -2.21. The third-order valence-electron chi connectivity index (χ3n) is 2.86. The van der Waals surface area contributed by atoms with E-state index in [0.29, 0.717) is 0 Å². The largest absolute Gasteiger partial charge is 0.307 e. The van der Waals surface area contributed by atoms with Crippen LogP contribution in [0.15, 0.2) is 17.6 Å². The second-order valence-electron chi connectivity index (χ2n) is 3.88. The monoisotopic (exact) mass is 269 g/mol. The highest BCUT2D eigenvalue weighted by Gasteiger charge is 2.22. The summed E-state index contributed by atoms with van der Waals surface area (Å²) in [6.45, 7) is 5.02. The lowest BCUT2D eigenvalue weighted by atomic mass is 10.1. The van der Waals surface area contributed by atoms with Crippen molar-refractivity contribution in [2.75, 3.05) is 7.05 Å². The van der Waals surface area contributed by atoms with Crippen LogP contribution in [0.25, 0.3) is 0 Å². The van der Waals surface area contributed by atoms with E-state index in [1.807, 2.05) is 11.7 Å². The summed E-state index contributed by atoms with van der Waals surface area (Å²) in [6, 6.07) is 2.25. The quantitative estimate of drug-likeness (QED) is 0.924. The SMILES string of the molecule is CCn1ncc(Cl)c1C(NC)c1sccc1C. The van der Waals surface area contributed by atoms with Crippen molar-refractivity contribution in [2.45, 2.75) is 26.4 Å². The first-order valence-electron chi connectivity index (χ1n) is 5.61. The Labute approximate surface area is 110 Å². The standard InChI is InChI=1S/C12H16ClN3S/c1-4-16-11(9(13)7-15-16)10(14-3)12-8(2)5-6-17-12/h5-7,10,14H,4H2,1-3H3. The summed E-state index contributed by atoms with van der Waals surface area (Å²) in [4.78, 5) is 1.30. The van der Waals surface area contributed by atoms with E-state index in [1.165, 1.54) is 10.4 Å². The Morgan fingerprint density at radius 3 is 2.88 bits per heavy atom.